The molecule has 0 radical (unpaired) electrons. The molecule has 5 nitrogen and oxygen atoms in total. The number of benzene rings is 1. The third kappa shape index (κ3) is 3.17. The molecular weight excluding hydrogens is 276 g/mol. The average molecular weight is 293 g/mol. The minimum absolute atomic E-state index is 0.0963. The summed E-state index contributed by atoms with van der Waals surface area (Å²) in [4.78, 5) is 12.1. The Morgan fingerprint density at radius 1 is 1.50 bits per heavy atom. The van der Waals surface area contributed by atoms with Crippen molar-refractivity contribution in [1.82, 2.24) is 20.1 Å². The molecule has 1 aromatic carbocycles. The Morgan fingerprint density at radius 3 is 2.85 bits per heavy atom. The highest BCUT2D eigenvalue weighted by molar-refractivity contribution is 6.30. The van der Waals surface area contributed by atoms with E-state index in [1.54, 1.807) is 24.5 Å². The van der Waals surface area contributed by atoms with Crippen LogP contribution in [-0.2, 0) is 7.05 Å². The number of carbonyl (C=O) groups excluding carboxylic acids is 1. The molecule has 1 N–H and O–H groups in total. The fourth-order valence-electron chi connectivity index (χ4n) is 2.05. The second-order valence-electron chi connectivity index (χ2n) is 4.87. The lowest BCUT2D eigenvalue weighted by Crippen LogP contribution is -2.29. The fraction of sp³-hybridized carbons (Fsp3) is 0.357. The van der Waals surface area contributed by atoms with Gasteiger partial charge in [-0.1, -0.05) is 18.5 Å². The molecule has 0 fully saturated rings. The van der Waals surface area contributed by atoms with Crippen LogP contribution < -0.4 is 5.32 Å². The van der Waals surface area contributed by atoms with Crippen molar-refractivity contribution in [3.05, 3.63) is 46.5 Å². The van der Waals surface area contributed by atoms with Crippen molar-refractivity contribution in [1.29, 1.82) is 0 Å². The van der Waals surface area contributed by atoms with E-state index in [2.05, 4.69) is 15.5 Å². The average Bonchev–Trinajstić information content (AvgIpc) is 2.82. The highest BCUT2D eigenvalue weighted by atomic mass is 35.5. The van der Waals surface area contributed by atoms with E-state index in [1.165, 1.54) is 0 Å². The van der Waals surface area contributed by atoms with Gasteiger partial charge in [0.15, 0.2) is 0 Å². The van der Waals surface area contributed by atoms with Crippen LogP contribution in [0, 0.1) is 6.92 Å². The second-order valence-corrected chi connectivity index (χ2v) is 5.31. The lowest BCUT2D eigenvalue weighted by Gasteiger charge is -2.13. The molecule has 0 bridgehead atoms. The van der Waals surface area contributed by atoms with E-state index in [4.69, 9.17) is 11.6 Å². The van der Waals surface area contributed by atoms with Crippen molar-refractivity contribution in [2.24, 2.45) is 7.05 Å². The summed E-state index contributed by atoms with van der Waals surface area (Å²) in [7, 11) is 1.89. The number of nitrogens with zero attached hydrogens (tertiary/aromatic N) is 3. The van der Waals surface area contributed by atoms with E-state index in [9.17, 15) is 4.79 Å². The summed E-state index contributed by atoms with van der Waals surface area (Å²) >= 11 is 5.88. The SMILES string of the molecule is Cc1cc(Cl)ccc1C(=O)NCC(C)c1nncn1C. The third-order valence-corrected chi connectivity index (χ3v) is 3.42. The maximum Gasteiger partial charge on any atom is 0.251 e. The monoisotopic (exact) mass is 292 g/mol. The Hall–Kier alpha value is -1.88. The summed E-state index contributed by atoms with van der Waals surface area (Å²) in [6.45, 7) is 4.37. The summed E-state index contributed by atoms with van der Waals surface area (Å²) in [6, 6.07) is 5.23. The van der Waals surface area contributed by atoms with Crippen molar-refractivity contribution in [3.8, 4) is 0 Å². The Balaban J connectivity index is 2.00. The summed E-state index contributed by atoms with van der Waals surface area (Å²) < 4.78 is 1.85. The van der Waals surface area contributed by atoms with Crippen LogP contribution in [-0.4, -0.2) is 27.2 Å². The first-order valence-corrected chi connectivity index (χ1v) is 6.75. The second kappa shape index (κ2) is 6.05. The number of halogens is 1. The molecule has 2 rings (SSSR count). The van der Waals surface area contributed by atoms with Gasteiger partial charge in [0, 0.05) is 30.1 Å². The molecule has 0 saturated carbocycles. The predicted molar refractivity (Wildman–Crippen MR) is 77.9 cm³/mol. The van der Waals surface area contributed by atoms with Gasteiger partial charge >= 0.3 is 0 Å². The molecule has 0 spiro atoms. The van der Waals surface area contributed by atoms with Crippen molar-refractivity contribution in [3.63, 3.8) is 0 Å². The van der Waals surface area contributed by atoms with Crippen LogP contribution in [0.4, 0.5) is 0 Å². The number of aromatic nitrogens is 3. The van der Waals surface area contributed by atoms with Crippen LogP contribution in [0.2, 0.25) is 5.02 Å². The molecular formula is C14H17ClN4O. The van der Waals surface area contributed by atoms with Crippen LogP contribution in [0.15, 0.2) is 24.5 Å². The zero-order chi connectivity index (χ0) is 14.7. The number of hydrogen-bond donors (Lipinski definition) is 1. The van der Waals surface area contributed by atoms with E-state index in [0.717, 1.165) is 11.4 Å². The van der Waals surface area contributed by atoms with E-state index in [0.29, 0.717) is 17.1 Å². The maximum absolute atomic E-state index is 12.1. The topological polar surface area (TPSA) is 59.8 Å². The minimum atomic E-state index is -0.104. The molecule has 0 aliphatic heterocycles. The van der Waals surface area contributed by atoms with Gasteiger partial charge in [-0.05, 0) is 30.7 Å². The van der Waals surface area contributed by atoms with E-state index in [1.807, 2.05) is 25.5 Å². The van der Waals surface area contributed by atoms with Gasteiger partial charge in [-0.15, -0.1) is 10.2 Å². The zero-order valence-electron chi connectivity index (χ0n) is 11.7. The third-order valence-electron chi connectivity index (χ3n) is 3.19. The molecule has 0 aliphatic rings. The molecule has 1 aromatic heterocycles. The van der Waals surface area contributed by atoms with Crippen molar-refractivity contribution < 1.29 is 4.79 Å². The summed E-state index contributed by atoms with van der Waals surface area (Å²) in [5.74, 6) is 0.838. The largest absolute Gasteiger partial charge is 0.351 e. The normalized spacial score (nSPS) is 12.2. The van der Waals surface area contributed by atoms with Gasteiger partial charge in [0.25, 0.3) is 5.91 Å². The van der Waals surface area contributed by atoms with E-state index < -0.39 is 0 Å². The van der Waals surface area contributed by atoms with Crippen LogP contribution >= 0.6 is 11.6 Å². The van der Waals surface area contributed by atoms with Gasteiger partial charge in [0.05, 0.1) is 0 Å². The molecule has 1 amide bonds. The zero-order valence-corrected chi connectivity index (χ0v) is 12.5. The molecule has 0 saturated heterocycles. The van der Waals surface area contributed by atoms with Gasteiger partial charge in [-0.3, -0.25) is 4.79 Å². The lowest BCUT2D eigenvalue weighted by molar-refractivity contribution is 0.0950. The van der Waals surface area contributed by atoms with Gasteiger partial charge in [0.1, 0.15) is 12.2 Å². The number of amides is 1. The predicted octanol–water partition coefficient (Wildman–Crippen LogP) is 2.31. The van der Waals surface area contributed by atoms with Crippen LogP contribution in [0.3, 0.4) is 0 Å². The lowest BCUT2D eigenvalue weighted by atomic mass is 10.1. The Labute approximate surface area is 123 Å². The summed E-state index contributed by atoms with van der Waals surface area (Å²) in [6.07, 6.45) is 1.65. The van der Waals surface area contributed by atoms with Crippen LogP contribution in [0.1, 0.15) is 34.6 Å². The Morgan fingerprint density at radius 2 is 2.25 bits per heavy atom. The molecule has 0 aliphatic carbocycles. The number of aryl methyl sites for hydroxylation is 2. The quantitative estimate of drug-likeness (QED) is 0.941. The van der Waals surface area contributed by atoms with Crippen molar-refractivity contribution in [2.75, 3.05) is 6.54 Å². The number of nitrogens with one attached hydrogen (secondary N) is 1. The molecule has 1 heterocycles. The van der Waals surface area contributed by atoms with Gasteiger partial charge in [0.2, 0.25) is 0 Å². The van der Waals surface area contributed by atoms with E-state index in [-0.39, 0.29) is 11.8 Å². The molecule has 6 heteroatoms. The Kier molecular flexibility index (Phi) is 4.39. The minimum Gasteiger partial charge on any atom is -0.351 e. The van der Waals surface area contributed by atoms with Crippen molar-refractivity contribution in [2.45, 2.75) is 19.8 Å². The molecule has 1 unspecified atom stereocenters. The fourth-order valence-corrected chi connectivity index (χ4v) is 2.28. The van der Waals surface area contributed by atoms with Crippen LogP contribution in [0.5, 0.6) is 0 Å². The van der Waals surface area contributed by atoms with Gasteiger partial charge in [-0.2, -0.15) is 0 Å². The number of hydrogen-bond acceptors (Lipinski definition) is 3. The first-order chi connectivity index (χ1) is 9.49. The molecule has 1 atom stereocenters. The van der Waals surface area contributed by atoms with Crippen LogP contribution in [0.25, 0.3) is 0 Å². The number of rotatable bonds is 4. The molecule has 20 heavy (non-hydrogen) atoms. The van der Waals surface area contributed by atoms with E-state index >= 15 is 0 Å². The highest BCUT2D eigenvalue weighted by Crippen LogP contribution is 2.15. The molecule has 2 aromatic rings. The maximum atomic E-state index is 12.1. The summed E-state index contributed by atoms with van der Waals surface area (Å²) in [5, 5.41) is 11.4. The first-order valence-electron chi connectivity index (χ1n) is 6.37. The summed E-state index contributed by atoms with van der Waals surface area (Å²) in [5.41, 5.74) is 1.50. The van der Waals surface area contributed by atoms with Gasteiger partial charge in [-0.25, -0.2) is 0 Å². The molecule has 106 valence electrons. The highest BCUT2D eigenvalue weighted by Gasteiger charge is 2.14. The first kappa shape index (κ1) is 14.5. The van der Waals surface area contributed by atoms with Gasteiger partial charge < -0.3 is 9.88 Å². The van der Waals surface area contributed by atoms with Crippen molar-refractivity contribution >= 4 is 17.5 Å². The Bertz CT molecular complexity index is 623. The standard InChI is InChI=1S/C14H17ClN4O/c1-9-6-11(15)4-5-12(9)14(20)16-7-10(2)13-18-17-8-19(13)3/h4-6,8,10H,7H2,1-3H3,(H,16,20). The smallest absolute Gasteiger partial charge is 0.251 e. The number of carbonyl (C=O) groups is 1.